The van der Waals surface area contributed by atoms with Crippen LogP contribution in [0.1, 0.15) is 51.0 Å². The average molecular weight is 366 g/mol. The number of nitrogens with one attached hydrogen (secondary N) is 1. The molecule has 0 radical (unpaired) electrons. The molecule has 6 heteroatoms. The lowest BCUT2D eigenvalue weighted by Gasteiger charge is -2.26. The van der Waals surface area contributed by atoms with Crippen LogP contribution in [0.3, 0.4) is 0 Å². The van der Waals surface area contributed by atoms with Crippen LogP contribution in [0.4, 0.5) is 8.78 Å². The van der Waals surface area contributed by atoms with Crippen molar-refractivity contribution in [1.29, 1.82) is 0 Å². The molecule has 3 N–H and O–H groups in total. The fourth-order valence-corrected chi connectivity index (χ4v) is 3.98. The van der Waals surface area contributed by atoms with Crippen LogP contribution in [0.25, 0.3) is 0 Å². The normalized spacial score (nSPS) is 17.0. The van der Waals surface area contributed by atoms with Gasteiger partial charge in [0.25, 0.3) is 0 Å². The molecule has 0 saturated heterocycles. The van der Waals surface area contributed by atoms with E-state index in [9.17, 15) is 18.4 Å². The highest BCUT2D eigenvalue weighted by atomic mass is 19.1. The Morgan fingerprint density at radius 1 is 1.15 bits per heavy atom. The molecule has 1 saturated carbocycles. The number of nitrogens with two attached hydrogens (primary N) is 1. The third kappa shape index (κ3) is 5.78. The lowest BCUT2D eigenvalue weighted by atomic mass is 9.79. The lowest BCUT2D eigenvalue weighted by Crippen LogP contribution is -2.41. The number of hydrogen-bond acceptors (Lipinski definition) is 2. The second-order valence-electron chi connectivity index (χ2n) is 7.21. The minimum absolute atomic E-state index is 0.159. The van der Waals surface area contributed by atoms with Crippen molar-refractivity contribution < 1.29 is 18.4 Å². The Morgan fingerprint density at radius 2 is 1.77 bits per heavy atom. The van der Waals surface area contributed by atoms with Crippen molar-refractivity contribution in [3.63, 3.8) is 0 Å². The third-order valence-corrected chi connectivity index (χ3v) is 5.27. The highest BCUT2D eigenvalue weighted by Gasteiger charge is 2.34. The highest BCUT2D eigenvalue weighted by Crippen LogP contribution is 2.34. The summed E-state index contributed by atoms with van der Waals surface area (Å²) in [6.45, 7) is 2.32. The molecule has 2 rings (SSSR count). The van der Waals surface area contributed by atoms with Crippen LogP contribution in [-0.2, 0) is 16.0 Å². The van der Waals surface area contributed by atoms with Crippen LogP contribution in [0, 0.1) is 29.4 Å². The molecule has 0 aliphatic heterocycles. The summed E-state index contributed by atoms with van der Waals surface area (Å²) >= 11 is 0. The maximum absolute atomic E-state index is 13.4. The molecule has 1 aromatic carbocycles. The molecule has 0 aromatic heterocycles. The first-order chi connectivity index (χ1) is 12.4. The first kappa shape index (κ1) is 20.3. The SMILES string of the molecule is CCNC(=O)C(CC1CCCC1)[C@H](CCc1cc(F)cc(F)c1)C(N)=O. The summed E-state index contributed by atoms with van der Waals surface area (Å²) in [6.07, 6.45) is 5.66. The molecule has 1 aromatic rings. The molecule has 2 amide bonds. The van der Waals surface area contributed by atoms with E-state index >= 15 is 0 Å². The van der Waals surface area contributed by atoms with Crippen LogP contribution in [-0.4, -0.2) is 18.4 Å². The van der Waals surface area contributed by atoms with Crippen molar-refractivity contribution in [2.75, 3.05) is 6.54 Å². The first-order valence-electron chi connectivity index (χ1n) is 9.42. The smallest absolute Gasteiger partial charge is 0.223 e. The standard InChI is InChI=1S/C20H28F2N2O2/c1-2-24-20(26)18(11-13-5-3-4-6-13)17(19(23)25)8-7-14-9-15(21)12-16(22)10-14/h9-10,12-13,17-18H,2-8,11H2,1H3,(H2,23,25)(H,24,26)/t17-,18?/m0/s1. The van der Waals surface area contributed by atoms with Gasteiger partial charge in [0.2, 0.25) is 11.8 Å². The second-order valence-corrected chi connectivity index (χ2v) is 7.21. The molecule has 0 heterocycles. The summed E-state index contributed by atoms with van der Waals surface area (Å²) in [4.78, 5) is 24.6. The van der Waals surface area contributed by atoms with Crippen LogP contribution in [0.5, 0.6) is 0 Å². The Balaban J connectivity index is 2.12. The fraction of sp³-hybridized carbons (Fsp3) is 0.600. The Hall–Kier alpha value is -1.98. The molecular weight excluding hydrogens is 338 g/mol. The predicted octanol–water partition coefficient (Wildman–Crippen LogP) is 3.33. The van der Waals surface area contributed by atoms with Crippen LogP contribution in [0.2, 0.25) is 0 Å². The Kier molecular flexibility index (Phi) is 7.54. The molecule has 144 valence electrons. The number of benzene rings is 1. The zero-order valence-corrected chi connectivity index (χ0v) is 15.3. The number of rotatable bonds is 9. The Bertz CT molecular complexity index is 610. The summed E-state index contributed by atoms with van der Waals surface area (Å²) in [7, 11) is 0. The Labute approximate surface area is 153 Å². The summed E-state index contributed by atoms with van der Waals surface area (Å²) in [5, 5.41) is 2.80. The molecular formula is C20H28F2N2O2. The van der Waals surface area contributed by atoms with Gasteiger partial charge in [-0.25, -0.2) is 8.78 Å². The van der Waals surface area contributed by atoms with Gasteiger partial charge < -0.3 is 11.1 Å². The summed E-state index contributed by atoms with van der Waals surface area (Å²) in [5.41, 5.74) is 6.06. The van der Waals surface area contributed by atoms with Crippen molar-refractivity contribution in [2.24, 2.45) is 23.5 Å². The van der Waals surface area contributed by atoms with E-state index in [4.69, 9.17) is 5.73 Å². The zero-order valence-electron chi connectivity index (χ0n) is 15.3. The molecule has 0 spiro atoms. The topological polar surface area (TPSA) is 72.2 Å². The van der Waals surface area contributed by atoms with E-state index in [2.05, 4.69) is 5.32 Å². The van der Waals surface area contributed by atoms with Gasteiger partial charge >= 0.3 is 0 Å². The molecule has 1 aliphatic carbocycles. The number of carbonyl (C=O) groups excluding carboxylic acids is 2. The molecule has 2 atom stereocenters. The maximum atomic E-state index is 13.4. The first-order valence-corrected chi connectivity index (χ1v) is 9.42. The van der Waals surface area contributed by atoms with E-state index in [-0.39, 0.29) is 5.91 Å². The van der Waals surface area contributed by atoms with Gasteiger partial charge in [0.15, 0.2) is 0 Å². The lowest BCUT2D eigenvalue weighted by molar-refractivity contribution is -0.134. The molecule has 1 unspecified atom stereocenters. The predicted molar refractivity (Wildman–Crippen MR) is 96.1 cm³/mol. The van der Waals surface area contributed by atoms with Crippen molar-refractivity contribution >= 4 is 11.8 Å². The van der Waals surface area contributed by atoms with Gasteiger partial charge in [0.05, 0.1) is 0 Å². The van der Waals surface area contributed by atoms with Gasteiger partial charge in [-0.3, -0.25) is 9.59 Å². The van der Waals surface area contributed by atoms with Gasteiger partial charge in [0, 0.05) is 24.4 Å². The van der Waals surface area contributed by atoms with Crippen molar-refractivity contribution in [3.8, 4) is 0 Å². The highest BCUT2D eigenvalue weighted by molar-refractivity contribution is 5.86. The number of carbonyl (C=O) groups is 2. The minimum atomic E-state index is -0.651. The van der Waals surface area contributed by atoms with Gasteiger partial charge in [-0.2, -0.15) is 0 Å². The third-order valence-electron chi connectivity index (χ3n) is 5.27. The van der Waals surface area contributed by atoms with Gasteiger partial charge in [-0.15, -0.1) is 0 Å². The van der Waals surface area contributed by atoms with E-state index in [1.54, 1.807) is 0 Å². The quantitative estimate of drug-likeness (QED) is 0.704. The van der Waals surface area contributed by atoms with E-state index in [0.717, 1.165) is 31.7 Å². The molecule has 1 aliphatic rings. The Morgan fingerprint density at radius 3 is 2.31 bits per heavy atom. The monoisotopic (exact) mass is 366 g/mol. The molecule has 0 bridgehead atoms. The summed E-state index contributed by atoms with van der Waals surface area (Å²) < 4.78 is 26.7. The summed E-state index contributed by atoms with van der Waals surface area (Å²) in [5.74, 6) is -2.70. The van der Waals surface area contributed by atoms with Crippen LogP contribution in [0.15, 0.2) is 18.2 Å². The van der Waals surface area contributed by atoms with Crippen LogP contribution >= 0.6 is 0 Å². The molecule has 1 fully saturated rings. The van der Waals surface area contributed by atoms with Crippen molar-refractivity contribution in [3.05, 3.63) is 35.4 Å². The number of halogens is 2. The van der Waals surface area contributed by atoms with Gasteiger partial charge in [-0.1, -0.05) is 25.7 Å². The number of primary amides is 1. The minimum Gasteiger partial charge on any atom is -0.369 e. The van der Waals surface area contributed by atoms with E-state index < -0.39 is 29.4 Å². The van der Waals surface area contributed by atoms with Crippen molar-refractivity contribution in [1.82, 2.24) is 5.32 Å². The van der Waals surface area contributed by atoms with Gasteiger partial charge in [-0.05, 0) is 49.8 Å². The number of aryl methyl sites for hydroxylation is 1. The van der Waals surface area contributed by atoms with Crippen LogP contribution < -0.4 is 11.1 Å². The number of hydrogen-bond donors (Lipinski definition) is 2. The second kappa shape index (κ2) is 9.64. The largest absolute Gasteiger partial charge is 0.369 e. The molecule has 4 nitrogen and oxygen atoms in total. The van der Waals surface area contributed by atoms with E-state index in [1.807, 2.05) is 6.92 Å². The molecule has 26 heavy (non-hydrogen) atoms. The fourth-order valence-electron chi connectivity index (χ4n) is 3.98. The van der Waals surface area contributed by atoms with E-state index in [0.29, 0.717) is 37.3 Å². The maximum Gasteiger partial charge on any atom is 0.223 e. The van der Waals surface area contributed by atoms with E-state index in [1.165, 1.54) is 12.1 Å². The van der Waals surface area contributed by atoms with Gasteiger partial charge in [0.1, 0.15) is 11.6 Å². The summed E-state index contributed by atoms with van der Waals surface area (Å²) in [6, 6.07) is 3.31. The number of amides is 2. The zero-order chi connectivity index (χ0) is 19.1. The average Bonchev–Trinajstić information content (AvgIpc) is 3.06. The van der Waals surface area contributed by atoms with Crippen molar-refractivity contribution in [2.45, 2.75) is 51.9 Å².